The number of pyridine rings is 1. The van der Waals surface area contributed by atoms with E-state index < -0.39 is 11.9 Å². The van der Waals surface area contributed by atoms with E-state index in [0.29, 0.717) is 18.5 Å². The van der Waals surface area contributed by atoms with Gasteiger partial charge < -0.3 is 10.1 Å². The summed E-state index contributed by atoms with van der Waals surface area (Å²) in [4.78, 5) is 15.2. The standard InChI is InChI=1S/C17H16ClFN2O2/c18-16-15(19)10-14(11-21-16)8-4-5-9-20-17(22)23-12-13-6-2-1-3-7-13/h1-4,6-8,10-11H,5,9,12H2,(H,20,22). The van der Waals surface area contributed by atoms with Crippen molar-refractivity contribution in [1.29, 1.82) is 0 Å². The first kappa shape index (κ1) is 17.0. The minimum atomic E-state index is -0.559. The van der Waals surface area contributed by atoms with Crippen molar-refractivity contribution in [3.05, 3.63) is 70.8 Å². The molecule has 120 valence electrons. The van der Waals surface area contributed by atoms with Gasteiger partial charge in [-0.2, -0.15) is 0 Å². The third kappa shape index (κ3) is 6.08. The lowest BCUT2D eigenvalue weighted by Gasteiger charge is -2.05. The quantitative estimate of drug-likeness (QED) is 0.636. The van der Waals surface area contributed by atoms with Gasteiger partial charge in [0.15, 0.2) is 11.0 Å². The highest BCUT2D eigenvalue weighted by molar-refractivity contribution is 6.29. The Kier molecular flexibility index (Phi) is 6.56. The number of benzene rings is 1. The predicted octanol–water partition coefficient (Wildman–Crippen LogP) is 4.20. The molecule has 1 aromatic heterocycles. The lowest BCUT2D eigenvalue weighted by molar-refractivity contribution is 0.140. The van der Waals surface area contributed by atoms with Crippen molar-refractivity contribution < 1.29 is 13.9 Å². The molecular weight excluding hydrogens is 319 g/mol. The Bertz CT molecular complexity index is 678. The molecule has 2 rings (SSSR count). The number of carbonyl (C=O) groups is 1. The molecule has 1 heterocycles. The van der Waals surface area contributed by atoms with Crippen LogP contribution in [0.1, 0.15) is 17.5 Å². The Morgan fingerprint density at radius 2 is 2.13 bits per heavy atom. The van der Waals surface area contributed by atoms with E-state index in [0.717, 1.165) is 5.56 Å². The van der Waals surface area contributed by atoms with E-state index in [4.69, 9.17) is 16.3 Å². The van der Waals surface area contributed by atoms with E-state index in [-0.39, 0.29) is 11.8 Å². The summed E-state index contributed by atoms with van der Waals surface area (Å²) in [6, 6.07) is 10.7. The van der Waals surface area contributed by atoms with Crippen molar-refractivity contribution in [2.45, 2.75) is 13.0 Å². The van der Waals surface area contributed by atoms with E-state index in [1.807, 2.05) is 36.4 Å². The smallest absolute Gasteiger partial charge is 0.407 e. The number of hydrogen-bond donors (Lipinski definition) is 1. The Morgan fingerprint density at radius 3 is 2.87 bits per heavy atom. The summed E-state index contributed by atoms with van der Waals surface area (Å²) >= 11 is 5.50. The number of amides is 1. The number of alkyl carbamates (subject to hydrolysis) is 1. The van der Waals surface area contributed by atoms with Crippen molar-refractivity contribution in [3.63, 3.8) is 0 Å². The highest BCUT2D eigenvalue weighted by Crippen LogP contribution is 2.12. The Labute approximate surface area is 139 Å². The summed E-state index contributed by atoms with van der Waals surface area (Å²) in [5.74, 6) is -0.559. The van der Waals surface area contributed by atoms with Crippen LogP contribution in [0.2, 0.25) is 5.15 Å². The van der Waals surface area contributed by atoms with Gasteiger partial charge in [-0.25, -0.2) is 14.2 Å². The summed E-state index contributed by atoms with van der Waals surface area (Å²) in [5.41, 5.74) is 1.54. The van der Waals surface area contributed by atoms with Crippen LogP contribution in [0.5, 0.6) is 0 Å². The normalized spacial score (nSPS) is 10.7. The second kappa shape index (κ2) is 8.90. The van der Waals surface area contributed by atoms with Crippen molar-refractivity contribution in [1.82, 2.24) is 10.3 Å². The van der Waals surface area contributed by atoms with Crippen LogP contribution in [-0.4, -0.2) is 17.6 Å². The molecular formula is C17H16ClFN2O2. The van der Waals surface area contributed by atoms with Crippen LogP contribution >= 0.6 is 11.6 Å². The third-order valence-electron chi connectivity index (χ3n) is 2.92. The second-order valence-electron chi connectivity index (χ2n) is 4.72. The molecule has 4 nitrogen and oxygen atoms in total. The van der Waals surface area contributed by atoms with Gasteiger partial charge in [0.25, 0.3) is 0 Å². The molecule has 0 aliphatic rings. The van der Waals surface area contributed by atoms with Gasteiger partial charge in [0.1, 0.15) is 6.61 Å². The molecule has 0 radical (unpaired) electrons. The number of nitrogens with zero attached hydrogens (tertiary/aromatic N) is 1. The molecule has 0 aliphatic heterocycles. The van der Waals surface area contributed by atoms with Gasteiger partial charge in [0.05, 0.1) is 0 Å². The summed E-state index contributed by atoms with van der Waals surface area (Å²) in [5, 5.41) is 2.49. The van der Waals surface area contributed by atoms with Crippen LogP contribution in [0.4, 0.5) is 9.18 Å². The first-order valence-electron chi connectivity index (χ1n) is 7.07. The molecule has 0 unspecified atom stereocenters. The van der Waals surface area contributed by atoms with Crippen LogP contribution in [-0.2, 0) is 11.3 Å². The molecule has 0 saturated heterocycles. The van der Waals surface area contributed by atoms with Crippen molar-refractivity contribution >= 4 is 23.8 Å². The SMILES string of the molecule is O=C(NCCC=Cc1cnc(Cl)c(F)c1)OCc1ccccc1. The fraction of sp³-hybridized carbons (Fsp3) is 0.176. The van der Waals surface area contributed by atoms with Crippen molar-refractivity contribution in [2.75, 3.05) is 6.54 Å². The number of ether oxygens (including phenoxy) is 1. The average Bonchev–Trinajstić information content (AvgIpc) is 2.57. The molecule has 0 spiro atoms. The highest BCUT2D eigenvalue weighted by atomic mass is 35.5. The first-order valence-corrected chi connectivity index (χ1v) is 7.45. The molecule has 0 fully saturated rings. The summed E-state index contributed by atoms with van der Waals surface area (Å²) in [6.07, 6.45) is 5.11. The van der Waals surface area contributed by atoms with Crippen LogP contribution in [0.25, 0.3) is 6.08 Å². The van der Waals surface area contributed by atoms with Crippen LogP contribution < -0.4 is 5.32 Å². The van der Waals surface area contributed by atoms with Gasteiger partial charge in [-0.15, -0.1) is 0 Å². The van der Waals surface area contributed by atoms with Gasteiger partial charge in [0, 0.05) is 12.7 Å². The molecule has 0 bridgehead atoms. The number of carbonyl (C=O) groups excluding carboxylic acids is 1. The number of aromatic nitrogens is 1. The van der Waals surface area contributed by atoms with E-state index in [1.54, 1.807) is 6.08 Å². The molecule has 2 aromatic rings. The molecule has 0 atom stereocenters. The van der Waals surface area contributed by atoms with Crippen molar-refractivity contribution in [3.8, 4) is 0 Å². The van der Waals surface area contributed by atoms with Gasteiger partial charge in [-0.3, -0.25) is 0 Å². The molecule has 1 aromatic carbocycles. The van der Waals surface area contributed by atoms with Gasteiger partial charge in [0.2, 0.25) is 0 Å². The highest BCUT2D eigenvalue weighted by Gasteiger charge is 2.01. The number of rotatable bonds is 6. The summed E-state index contributed by atoms with van der Waals surface area (Å²) in [6.45, 7) is 0.659. The van der Waals surface area contributed by atoms with Crippen LogP contribution in [0.15, 0.2) is 48.7 Å². The minimum Gasteiger partial charge on any atom is -0.445 e. The maximum Gasteiger partial charge on any atom is 0.407 e. The minimum absolute atomic E-state index is 0.148. The maximum atomic E-state index is 13.2. The second-order valence-corrected chi connectivity index (χ2v) is 5.08. The number of nitrogens with one attached hydrogen (secondary N) is 1. The molecule has 6 heteroatoms. The Morgan fingerprint density at radius 1 is 1.35 bits per heavy atom. The zero-order valence-electron chi connectivity index (χ0n) is 12.3. The molecule has 0 saturated carbocycles. The van der Waals surface area contributed by atoms with E-state index in [9.17, 15) is 9.18 Å². The monoisotopic (exact) mass is 334 g/mol. The van der Waals surface area contributed by atoms with E-state index >= 15 is 0 Å². The summed E-state index contributed by atoms with van der Waals surface area (Å²) < 4.78 is 18.3. The first-order chi connectivity index (χ1) is 11.1. The van der Waals surface area contributed by atoms with E-state index in [2.05, 4.69) is 10.3 Å². The number of hydrogen-bond acceptors (Lipinski definition) is 3. The molecule has 1 N–H and O–H groups in total. The maximum absolute atomic E-state index is 13.2. The lowest BCUT2D eigenvalue weighted by Crippen LogP contribution is -2.24. The zero-order chi connectivity index (χ0) is 16.5. The fourth-order valence-corrected chi connectivity index (χ4v) is 1.88. The van der Waals surface area contributed by atoms with Gasteiger partial charge in [-0.1, -0.05) is 54.1 Å². The zero-order valence-corrected chi connectivity index (χ0v) is 13.1. The average molecular weight is 335 g/mol. The Hall–Kier alpha value is -2.40. The fourth-order valence-electron chi connectivity index (χ4n) is 1.78. The van der Waals surface area contributed by atoms with Gasteiger partial charge in [-0.05, 0) is 23.6 Å². The summed E-state index contributed by atoms with van der Waals surface area (Å²) in [7, 11) is 0. The third-order valence-corrected chi connectivity index (χ3v) is 3.20. The Balaban J connectivity index is 1.65. The van der Waals surface area contributed by atoms with Gasteiger partial charge >= 0.3 is 6.09 Å². The van der Waals surface area contributed by atoms with Crippen molar-refractivity contribution in [2.24, 2.45) is 0 Å². The predicted molar refractivity (Wildman–Crippen MR) is 87.5 cm³/mol. The van der Waals surface area contributed by atoms with Crippen LogP contribution in [0.3, 0.4) is 0 Å². The largest absolute Gasteiger partial charge is 0.445 e. The molecule has 0 aliphatic carbocycles. The molecule has 23 heavy (non-hydrogen) atoms. The number of halogens is 2. The van der Waals surface area contributed by atoms with Crippen LogP contribution in [0, 0.1) is 5.82 Å². The topological polar surface area (TPSA) is 51.2 Å². The lowest BCUT2D eigenvalue weighted by atomic mass is 10.2. The van der Waals surface area contributed by atoms with E-state index in [1.165, 1.54) is 12.3 Å². The molecule has 1 amide bonds.